The monoisotopic (exact) mass is 260 g/mol. The lowest BCUT2D eigenvalue weighted by molar-refractivity contribution is -0.156. The van der Waals surface area contributed by atoms with Crippen molar-refractivity contribution >= 4 is 5.78 Å². The summed E-state index contributed by atoms with van der Waals surface area (Å²) >= 11 is 0. The Balaban J connectivity index is 2.26. The van der Waals surface area contributed by atoms with E-state index in [2.05, 4.69) is 13.8 Å². The zero-order valence-electron chi connectivity index (χ0n) is 12.5. The Hall–Kier alpha value is -1.31. The average Bonchev–Trinajstić information content (AvgIpc) is 2.28. The number of carbonyl (C=O) groups excluding carboxylic acids is 1. The van der Waals surface area contributed by atoms with Gasteiger partial charge in [0.1, 0.15) is 11.4 Å². The van der Waals surface area contributed by atoms with Gasteiger partial charge in [-0.2, -0.15) is 0 Å². The topological polar surface area (TPSA) is 26.3 Å². The second kappa shape index (κ2) is 4.99. The highest BCUT2D eigenvalue weighted by molar-refractivity contribution is 6.00. The number of Topliss-reactive ketones (excluding diaryl/α,β-unsaturated/α-hetero) is 1. The molecule has 0 unspecified atom stereocenters. The van der Waals surface area contributed by atoms with Crippen LogP contribution in [0.1, 0.15) is 53.4 Å². The van der Waals surface area contributed by atoms with E-state index in [4.69, 9.17) is 4.74 Å². The molecule has 0 aromatic carbocycles. The molecule has 2 fully saturated rings. The summed E-state index contributed by atoms with van der Waals surface area (Å²) in [5.41, 5.74) is 0.827. The van der Waals surface area contributed by atoms with Gasteiger partial charge in [0.25, 0.3) is 0 Å². The molecule has 0 aromatic rings. The van der Waals surface area contributed by atoms with E-state index >= 15 is 0 Å². The second-order valence-corrected chi connectivity index (χ2v) is 6.49. The van der Waals surface area contributed by atoms with Crippen molar-refractivity contribution in [2.75, 3.05) is 0 Å². The fraction of sp³-hybridized carbons (Fsp3) is 0.588. The van der Waals surface area contributed by atoms with Gasteiger partial charge >= 0.3 is 0 Å². The molecule has 0 atom stereocenters. The van der Waals surface area contributed by atoms with Crippen LogP contribution in [-0.2, 0) is 9.53 Å². The lowest BCUT2D eigenvalue weighted by Gasteiger charge is -2.54. The number of ketones is 1. The number of hydrogen-bond acceptors (Lipinski definition) is 2. The lowest BCUT2D eigenvalue weighted by Crippen LogP contribution is -2.54. The van der Waals surface area contributed by atoms with Gasteiger partial charge in [-0.1, -0.05) is 39.0 Å². The minimum atomic E-state index is -0.237. The molecule has 2 nitrogen and oxygen atoms in total. The van der Waals surface area contributed by atoms with Crippen molar-refractivity contribution in [1.82, 2.24) is 0 Å². The van der Waals surface area contributed by atoms with Crippen molar-refractivity contribution in [2.24, 2.45) is 5.41 Å². The van der Waals surface area contributed by atoms with Gasteiger partial charge in [-0.25, -0.2) is 0 Å². The number of allylic oxidation sites excluding steroid dienone is 5. The van der Waals surface area contributed by atoms with Crippen LogP contribution in [0.2, 0.25) is 0 Å². The van der Waals surface area contributed by atoms with Crippen LogP contribution in [0.4, 0.5) is 0 Å². The van der Waals surface area contributed by atoms with Crippen LogP contribution < -0.4 is 0 Å². The molecule has 0 amide bonds. The molecule has 1 spiro atoms. The summed E-state index contributed by atoms with van der Waals surface area (Å²) in [7, 11) is 0. The maximum absolute atomic E-state index is 12.4. The highest BCUT2D eigenvalue weighted by Gasteiger charge is 2.55. The SMILES string of the molecule is CC=CC=C1OC2(CC(=O)C1=CCC)CC(C)(C)C2. The third-order valence-electron chi connectivity index (χ3n) is 3.82. The largest absolute Gasteiger partial charge is 0.486 e. The van der Waals surface area contributed by atoms with Gasteiger partial charge in [-0.05, 0) is 37.7 Å². The molecule has 2 rings (SSSR count). The molecule has 1 aliphatic heterocycles. The van der Waals surface area contributed by atoms with Gasteiger partial charge in [0, 0.05) is 0 Å². The molecule has 2 heteroatoms. The molecular formula is C17H24O2. The van der Waals surface area contributed by atoms with E-state index in [1.807, 2.05) is 38.2 Å². The number of carbonyl (C=O) groups is 1. The van der Waals surface area contributed by atoms with Crippen LogP contribution in [0, 0.1) is 5.41 Å². The number of rotatable bonds is 2. The number of hydrogen-bond donors (Lipinski definition) is 0. The molecule has 2 aliphatic rings. The molecule has 1 saturated heterocycles. The van der Waals surface area contributed by atoms with Crippen LogP contribution in [0.15, 0.2) is 35.6 Å². The molecule has 1 heterocycles. The van der Waals surface area contributed by atoms with Crippen LogP contribution in [0.3, 0.4) is 0 Å². The first-order valence-corrected chi connectivity index (χ1v) is 7.17. The van der Waals surface area contributed by atoms with Gasteiger partial charge in [0.05, 0.1) is 12.0 Å². The Morgan fingerprint density at radius 2 is 2.00 bits per heavy atom. The van der Waals surface area contributed by atoms with Crippen molar-refractivity contribution < 1.29 is 9.53 Å². The van der Waals surface area contributed by atoms with Gasteiger partial charge in [0.15, 0.2) is 5.78 Å². The Kier molecular flexibility index (Phi) is 3.71. The van der Waals surface area contributed by atoms with Crippen LogP contribution >= 0.6 is 0 Å². The summed E-state index contributed by atoms with van der Waals surface area (Å²) in [4.78, 5) is 12.4. The minimum absolute atomic E-state index is 0.236. The molecule has 1 aliphatic carbocycles. The Bertz CT molecular complexity index is 456. The van der Waals surface area contributed by atoms with Crippen LogP contribution in [0.5, 0.6) is 0 Å². The maximum atomic E-state index is 12.4. The smallest absolute Gasteiger partial charge is 0.170 e. The van der Waals surface area contributed by atoms with Gasteiger partial charge in [0.2, 0.25) is 0 Å². The standard InChI is InChI=1S/C17H24O2/c1-5-7-9-15-13(8-6-2)14(18)10-17(19-15)11-16(3,4)12-17/h5,7-9H,6,10-12H2,1-4H3. The third-order valence-corrected chi connectivity index (χ3v) is 3.82. The predicted octanol–water partition coefficient (Wildman–Crippen LogP) is 4.33. The first-order chi connectivity index (χ1) is 8.91. The highest BCUT2D eigenvalue weighted by Crippen LogP contribution is 2.55. The van der Waals surface area contributed by atoms with E-state index in [9.17, 15) is 4.79 Å². The lowest BCUT2D eigenvalue weighted by atomic mass is 9.58. The quantitative estimate of drug-likeness (QED) is 0.691. The summed E-state index contributed by atoms with van der Waals surface area (Å²) in [5.74, 6) is 0.992. The Morgan fingerprint density at radius 1 is 1.32 bits per heavy atom. The normalized spacial score (nSPS) is 28.9. The molecule has 0 radical (unpaired) electrons. The fourth-order valence-corrected chi connectivity index (χ4v) is 3.47. The van der Waals surface area contributed by atoms with Crippen molar-refractivity contribution in [3.8, 4) is 0 Å². The van der Waals surface area contributed by atoms with E-state index in [0.717, 1.165) is 30.6 Å². The fourth-order valence-electron chi connectivity index (χ4n) is 3.47. The number of ether oxygens (including phenoxy) is 1. The van der Waals surface area contributed by atoms with Crippen LogP contribution in [0.25, 0.3) is 0 Å². The van der Waals surface area contributed by atoms with Gasteiger partial charge in [-0.3, -0.25) is 4.79 Å². The molecule has 0 N–H and O–H groups in total. The zero-order chi connectivity index (χ0) is 14.1. The Labute approximate surface area is 116 Å². The predicted molar refractivity (Wildman–Crippen MR) is 77.7 cm³/mol. The van der Waals surface area contributed by atoms with Gasteiger partial charge < -0.3 is 4.74 Å². The molecule has 104 valence electrons. The van der Waals surface area contributed by atoms with E-state index in [0.29, 0.717) is 11.8 Å². The second-order valence-electron chi connectivity index (χ2n) is 6.49. The summed E-state index contributed by atoms with van der Waals surface area (Å²) in [6.07, 6.45) is 11.1. The van der Waals surface area contributed by atoms with Crippen molar-refractivity contribution in [3.63, 3.8) is 0 Å². The van der Waals surface area contributed by atoms with Crippen molar-refractivity contribution in [3.05, 3.63) is 35.6 Å². The minimum Gasteiger partial charge on any atom is -0.486 e. The average molecular weight is 260 g/mol. The summed E-state index contributed by atoms with van der Waals surface area (Å²) in [6.45, 7) is 8.48. The van der Waals surface area contributed by atoms with E-state index < -0.39 is 0 Å². The summed E-state index contributed by atoms with van der Waals surface area (Å²) in [6, 6.07) is 0. The molecular weight excluding hydrogens is 236 g/mol. The van der Waals surface area contributed by atoms with E-state index in [1.54, 1.807) is 0 Å². The molecule has 0 aromatic heterocycles. The molecule has 19 heavy (non-hydrogen) atoms. The summed E-state index contributed by atoms with van der Waals surface area (Å²) < 4.78 is 6.20. The summed E-state index contributed by atoms with van der Waals surface area (Å²) in [5, 5.41) is 0. The Morgan fingerprint density at radius 3 is 2.53 bits per heavy atom. The molecule has 0 bridgehead atoms. The van der Waals surface area contributed by atoms with Gasteiger partial charge in [-0.15, -0.1) is 0 Å². The highest BCUT2D eigenvalue weighted by atomic mass is 16.5. The van der Waals surface area contributed by atoms with Crippen molar-refractivity contribution in [1.29, 1.82) is 0 Å². The van der Waals surface area contributed by atoms with Crippen molar-refractivity contribution in [2.45, 2.75) is 59.0 Å². The van der Waals surface area contributed by atoms with Crippen LogP contribution in [-0.4, -0.2) is 11.4 Å². The first kappa shape index (κ1) is 14.1. The first-order valence-electron chi connectivity index (χ1n) is 7.17. The van der Waals surface area contributed by atoms with E-state index in [1.165, 1.54) is 0 Å². The van der Waals surface area contributed by atoms with E-state index in [-0.39, 0.29) is 11.4 Å². The maximum Gasteiger partial charge on any atom is 0.170 e. The zero-order valence-corrected chi connectivity index (χ0v) is 12.5. The molecule has 1 saturated carbocycles. The third kappa shape index (κ3) is 2.83.